The molecule has 4 nitrogen and oxygen atoms in total. The first-order valence-electron chi connectivity index (χ1n) is 6.40. The van der Waals surface area contributed by atoms with Crippen LogP contribution in [0.15, 0.2) is 18.2 Å². The van der Waals surface area contributed by atoms with Gasteiger partial charge in [-0.3, -0.25) is 5.32 Å². The molecule has 0 heterocycles. The number of rotatable bonds is 6. The topological polar surface area (TPSA) is 47.6 Å². The van der Waals surface area contributed by atoms with Crippen LogP contribution in [-0.2, 0) is 11.2 Å². The van der Waals surface area contributed by atoms with E-state index in [1.165, 1.54) is 0 Å². The standard InChI is InChI=1S/C14H21NO3/c1-4-7-11-10-12(15-14(16)18-6-3)8-9-13(11)17-5-2/h8-10H,4-7H2,1-3H3,(H,15,16). The first-order chi connectivity index (χ1) is 8.71. The molecule has 1 rings (SSSR count). The van der Waals surface area contributed by atoms with Crippen molar-refractivity contribution in [3.63, 3.8) is 0 Å². The summed E-state index contributed by atoms with van der Waals surface area (Å²) in [6.07, 6.45) is 1.53. The van der Waals surface area contributed by atoms with Gasteiger partial charge in [0.25, 0.3) is 0 Å². The molecule has 0 saturated heterocycles. The maximum Gasteiger partial charge on any atom is 0.411 e. The molecule has 1 amide bonds. The van der Waals surface area contributed by atoms with Gasteiger partial charge in [0.2, 0.25) is 0 Å². The Labute approximate surface area is 108 Å². The van der Waals surface area contributed by atoms with Crippen LogP contribution in [-0.4, -0.2) is 19.3 Å². The predicted molar refractivity (Wildman–Crippen MR) is 72.3 cm³/mol. The van der Waals surface area contributed by atoms with E-state index in [2.05, 4.69) is 12.2 Å². The van der Waals surface area contributed by atoms with Crippen LogP contribution in [0.1, 0.15) is 32.8 Å². The van der Waals surface area contributed by atoms with Crippen molar-refractivity contribution in [2.24, 2.45) is 0 Å². The second kappa shape index (κ2) is 7.58. The summed E-state index contributed by atoms with van der Waals surface area (Å²) >= 11 is 0. The number of hydrogen-bond acceptors (Lipinski definition) is 3. The Kier molecular flexibility index (Phi) is 6.05. The minimum absolute atomic E-state index is 0.366. The molecule has 0 aliphatic carbocycles. The minimum Gasteiger partial charge on any atom is -0.494 e. The summed E-state index contributed by atoms with van der Waals surface area (Å²) in [7, 11) is 0. The summed E-state index contributed by atoms with van der Waals surface area (Å²) in [5, 5.41) is 2.69. The fourth-order valence-electron chi connectivity index (χ4n) is 1.70. The third-order valence-corrected chi connectivity index (χ3v) is 2.40. The number of carbonyl (C=O) groups excluding carboxylic acids is 1. The summed E-state index contributed by atoms with van der Waals surface area (Å²) in [5.41, 5.74) is 1.84. The number of ether oxygens (including phenoxy) is 2. The molecule has 0 aliphatic rings. The van der Waals surface area contributed by atoms with Crippen molar-refractivity contribution in [1.82, 2.24) is 0 Å². The van der Waals surface area contributed by atoms with Crippen LogP contribution in [0, 0.1) is 0 Å². The Balaban J connectivity index is 2.81. The van der Waals surface area contributed by atoms with E-state index in [-0.39, 0.29) is 0 Å². The summed E-state index contributed by atoms with van der Waals surface area (Å²) in [5.74, 6) is 0.883. The second-order valence-electron chi connectivity index (χ2n) is 3.85. The van der Waals surface area contributed by atoms with E-state index >= 15 is 0 Å². The molecule has 0 atom stereocenters. The molecule has 4 heteroatoms. The van der Waals surface area contributed by atoms with Crippen LogP contribution in [0.2, 0.25) is 0 Å². The number of benzene rings is 1. The van der Waals surface area contributed by atoms with Crippen molar-refractivity contribution in [1.29, 1.82) is 0 Å². The highest BCUT2D eigenvalue weighted by atomic mass is 16.5. The Hall–Kier alpha value is -1.71. The zero-order valence-corrected chi connectivity index (χ0v) is 11.3. The Morgan fingerprint density at radius 2 is 2.00 bits per heavy atom. The van der Waals surface area contributed by atoms with Crippen molar-refractivity contribution in [3.8, 4) is 5.75 Å². The van der Waals surface area contributed by atoms with Crippen molar-refractivity contribution in [2.75, 3.05) is 18.5 Å². The van der Waals surface area contributed by atoms with Crippen molar-refractivity contribution >= 4 is 11.8 Å². The number of aryl methyl sites for hydroxylation is 1. The Morgan fingerprint density at radius 3 is 2.61 bits per heavy atom. The van der Waals surface area contributed by atoms with Crippen molar-refractivity contribution in [3.05, 3.63) is 23.8 Å². The number of carbonyl (C=O) groups is 1. The third kappa shape index (κ3) is 4.28. The molecule has 0 aliphatic heterocycles. The van der Waals surface area contributed by atoms with Crippen LogP contribution in [0.4, 0.5) is 10.5 Å². The SMILES string of the molecule is CCCc1cc(NC(=O)OCC)ccc1OCC. The minimum atomic E-state index is -0.427. The van der Waals surface area contributed by atoms with Crippen LogP contribution in [0.3, 0.4) is 0 Å². The van der Waals surface area contributed by atoms with Crippen molar-refractivity contribution in [2.45, 2.75) is 33.6 Å². The van der Waals surface area contributed by atoms with Gasteiger partial charge in [-0.25, -0.2) is 4.79 Å². The highest BCUT2D eigenvalue weighted by Crippen LogP contribution is 2.24. The monoisotopic (exact) mass is 251 g/mol. The van der Waals surface area contributed by atoms with Crippen LogP contribution < -0.4 is 10.1 Å². The molecular formula is C14H21NO3. The number of hydrogen-bond donors (Lipinski definition) is 1. The summed E-state index contributed by atoms with van der Waals surface area (Å²) in [6, 6.07) is 5.64. The van der Waals surface area contributed by atoms with Gasteiger partial charge in [0.15, 0.2) is 0 Å². The lowest BCUT2D eigenvalue weighted by Crippen LogP contribution is -2.13. The van der Waals surface area contributed by atoms with E-state index < -0.39 is 6.09 Å². The molecule has 0 bridgehead atoms. The maximum atomic E-state index is 11.3. The first-order valence-corrected chi connectivity index (χ1v) is 6.40. The maximum absolute atomic E-state index is 11.3. The lowest BCUT2D eigenvalue weighted by molar-refractivity contribution is 0.168. The van der Waals surface area contributed by atoms with Gasteiger partial charge in [-0.05, 0) is 44.0 Å². The van der Waals surface area contributed by atoms with Gasteiger partial charge in [-0.1, -0.05) is 13.3 Å². The molecule has 0 saturated carbocycles. The van der Waals surface area contributed by atoms with Gasteiger partial charge in [0.05, 0.1) is 13.2 Å². The predicted octanol–water partition coefficient (Wildman–Crippen LogP) is 3.61. The zero-order valence-electron chi connectivity index (χ0n) is 11.3. The van der Waals surface area contributed by atoms with Crippen molar-refractivity contribution < 1.29 is 14.3 Å². The van der Waals surface area contributed by atoms with Gasteiger partial charge in [0, 0.05) is 5.69 Å². The normalized spacial score (nSPS) is 9.94. The zero-order chi connectivity index (χ0) is 13.4. The summed E-state index contributed by atoms with van der Waals surface area (Å²) in [6.45, 7) is 6.86. The lowest BCUT2D eigenvalue weighted by atomic mass is 10.1. The van der Waals surface area contributed by atoms with E-state index in [1.807, 2.05) is 25.1 Å². The molecule has 0 spiro atoms. The van der Waals surface area contributed by atoms with E-state index in [0.717, 1.165) is 29.8 Å². The quantitative estimate of drug-likeness (QED) is 0.840. The molecule has 18 heavy (non-hydrogen) atoms. The van der Waals surface area contributed by atoms with Gasteiger partial charge in [-0.15, -0.1) is 0 Å². The van der Waals surface area contributed by atoms with Gasteiger partial charge in [0.1, 0.15) is 5.75 Å². The highest BCUT2D eigenvalue weighted by molar-refractivity contribution is 5.84. The van der Waals surface area contributed by atoms with E-state index in [1.54, 1.807) is 6.92 Å². The number of anilines is 1. The van der Waals surface area contributed by atoms with E-state index in [4.69, 9.17) is 9.47 Å². The molecule has 0 radical (unpaired) electrons. The molecular weight excluding hydrogens is 230 g/mol. The average Bonchev–Trinajstić information content (AvgIpc) is 2.33. The average molecular weight is 251 g/mol. The molecule has 1 N–H and O–H groups in total. The smallest absolute Gasteiger partial charge is 0.411 e. The largest absolute Gasteiger partial charge is 0.494 e. The van der Waals surface area contributed by atoms with E-state index in [0.29, 0.717) is 13.2 Å². The molecule has 1 aromatic carbocycles. The van der Waals surface area contributed by atoms with Crippen LogP contribution >= 0.6 is 0 Å². The molecule has 0 fully saturated rings. The molecule has 1 aromatic rings. The third-order valence-electron chi connectivity index (χ3n) is 2.40. The fraction of sp³-hybridized carbons (Fsp3) is 0.500. The molecule has 100 valence electrons. The Bertz CT molecular complexity index is 391. The Morgan fingerprint density at radius 1 is 1.22 bits per heavy atom. The van der Waals surface area contributed by atoms with Crippen LogP contribution in [0.25, 0.3) is 0 Å². The number of amides is 1. The summed E-state index contributed by atoms with van der Waals surface area (Å²) < 4.78 is 10.4. The highest BCUT2D eigenvalue weighted by Gasteiger charge is 2.07. The fourth-order valence-corrected chi connectivity index (χ4v) is 1.70. The second-order valence-corrected chi connectivity index (χ2v) is 3.85. The van der Waals surface area contributed by atoms with Crippen LogP contribution in [0.5, 0.6) is 5.75 Å². The van der Waals surface area contributed by atoms with Gasteiger partial charge >= 0.3 is 6.09 Å². The van der Waals surface area contributed by atoms with E-state index in [9.17, 15) is 4.79 Å². The molecule has 0 unspecified atom stereocenters. The van der Waals surface area contributed by atoms with Gasteiger partial charge in [-0.2, -0.15) is 0 Å². The molecule has 0 aromatic heterocycles. The number of nitrogens with one attached hydrogen (secondary N) is 1. The lowest BCUT2D eigenvalue weighted by Gasteiger charge is -2.12. The first kappa shape index (κ1) is 14.4. The summed E-state index contributed by atoms with van der Waals surface area (Å²) in [4.78, 5) is 11.3. The van der Waals surface area contributed by atoms with Gasteiger partial charge < -0.3 is 9.47 Å².